The van der Waals surface area contributed by atoms with Crippen LogP contribution < -0.4 is 5.32 Å². The number of halogens is 3. The van der Waals surface area contributed by atoms with E-state index in [1.807, 2.05) is 0 Å². The Bertz CT molecular complexity index is 616. The van der Waals surface area contributed by atoms with Crippen molar-refractivity contribution in [1.29, 1.82) is 0 Å². The number of carbonyl (C=O) groups excluding carboxylic acids is 1. The number of amides is 1. The molecule has 9 heteroatoms. The second-order valence-corrected chi connectivity index (χ2v) is 6.42. The second kappa shape index (κ2) is 6.44. The van der Waals surface area contributed by atoms with Crippen molar-refractivity contribution >= 4 is 34.7 Å². The van der Waals surface area contributed by atoms with Crippen LogP contribution in [0.4, 0.5) is 18.9 Å². The molecule has 0 aliphatic heterocycles. The summed E-state index contributed by atoms with van der Waals surface area (Å²) in [5, 5.41) is 9.13. The first-order valence-corrected chi connectivity index (χ1v) is 7.54. The van der Waals surface area contributed by atoms with Crippen LogP contribution in [0.1, 0.15) is 12.5 Å². The molecule has 0 aliphatic carbocycles. The minimum Gasteiger partial charge on any atom is -0.325 e. The third-order valence-electron chi connectivity index (χ3n) is 2.48. The first-order chi connectivity index (χ1) is 9.88. The van der Waals surface area contributed by atoms with E-state index in [1.54, 1.807) is 6.92 Å². The number of carbonyl (C=O) groups is 1. The van der Waals surface area contributed by atoms with Gasteiger partial charge >= 0.3 is 6.18 Å². The molecule has 0 spiro atoms. The number of benzene rings is 1. The molecule has 0 aliphatic rings. The monoisotopic (exact) mass is 333 g/mol. The number of thioether (sulfide) groups is 1. The van der Waals surface area contributed by atoms with Gasteiger partial charge in [-0.2, -0.15) is 13.2 Å². The summed E-state index contributed by atoms with van der Waals surface area (Å²) in [5.41, 5.74) is 0.400. The van der Waals surface area contributed by atoms with Crippen LogP contribution in [-0.2, 0) is 11.0 Å². The fourth-order valence-corrected chi connectivity index (χ4v) is 3.12. The quantitative estimate of drug-likeness (QED) is 0.867. The maximum Gasteiger partial charge on any atom is 0.418 e. The Balaban J connectivity index is 2.09. The highest BCUT2D eigenvalue weighted by atomic mass is 32.2. The average Bonchev–Trinajstić information content (AvgIpc) is 2.91. The standard InChI is InChI=1S/C12H10F3N3OS2/c1-7(21-11-18-16-6-20-11)10(19)17-9-5-3-2-4-8(9)12(13,14)15/h2-7H,1H3,(H,17,19). The number of para-hydroxylation sites is 1. The molecule has 2 aromatic rings. The van der Waals surface area contributed by atoms with Gasteiger partial charge in [-0.05, 0) is 19.1 Å². The highest BCUT2D eigenvalue weighted by Crippen LogP contribution is 2.35. The van der Waals surface area contributed by atoms with Crippen LogP contribution in [0.5, 0.6) is 0 Å². The Labute approximate surface area is 126 Å². The van der Waals surface area contributed by atoms with Gasteiger partial charge in [-0.15, -0.1) is 10.2 Å². The zero-order valence-corrected chi connectivity index (χ0v) is 12.4. The molecule has 0 radical (unpaired) electrons. The third kappa shape index (κ3) is 4.18. The first kappa shape index (κ1) is 15.8. The van der Waals surface area contributed by atoms with E-state index in [9.17, 15) is 18.0 Å². The van der Waals surface area contributed by atoms with Crippen LogP contribution in [0.3, 0.4) is 0 Å². The van der Waals surface area contributed by atoms with E-state index in [0.717, 1.165) is 17.8 Å². The summed E-state index contributed by atoms with van der Waals surface area (Å²) in [6.07, 6.45) is -4.51. The Morgan fingerprint density at radius 1 is 1.38 bits per heavy atom. The summed E-state index contributed by atoms with van der Waals surface area (Å²) in [6.45, 7) is 1.59. The number of alkyl halides is 3. The molecule has 1 amide bonds. The molecule has 0 fully saturated rings. The molecule has 0 saturated carbocycles. The molecule has 1 heterocycles. The predicted molar refractivity (Wildman–Crippen MR) is 75.3 cm³/mol. The van der Waals surface area contributed by atoms with E-state index in [4.69, 9.17) is 0 Å². The number of nitrogens with one attached hydrogen (secondary N) is 1. The highest BCUT2D eigenvalue weighted by Gasteiger charge is 2.33. The molecule has 1 unspecified atom stereocenters. The number of hydrogen-bond donors (Lipinski definition) is 1. The van der Waals surface area contributed by atoms with Gasteiger partial charge in [0.1, 0.15) is 5.51 Å². The number of hydrogen-bond acceptors (Lipinski definition) is 5. The van der Waals surface area contributed by atoms with Gasteiger partial charge in [-0.25, -0.2) is 0 Å². The zero-order chi connectivity index (χ0) is 15.5. The fourth-order valence-electron chi connectivity index (χ4n) is 1.49. The van der Waals surface area contributed by atoms with Gasteiger partial charge in [0.05, 0.1) is 16.5 Å². The largest absolute Gasteiger partial charge is 0.418 e. The van der Waals surface area contributed by atoms with Crippen LogP contribution in [0.25, 0.3) is 0 Å². The lowest BCUT2D eigenvalue weighted by Gasteiger charge is -2.15. The number of rotatable bonds is 4. The van der Waals surface area contributed by atoms with Crippen molar-refractivity contribution in [2.45, 2.75) is 22.7 Å². The predicted octanol–water partition coefficient (Wildman–Crippen LogP) is 3.68. The number of aromatic nitrogens is 2. The van der Waals surface area contributed by atoms with E-state index >= 15 is 0 Å². The Hall–Kier alpha value is -1.61. The molecule has 1 aromatic carbocycles. The minimum atomic E-state index is -4.51. The summed E-state index contributed by atoms with van der Waals surface area (Å²) in [6, 6.07) is 4.87. The molecule has 4 nitrogen and oxygen atoms in total. The van der Waals surface area contributed by atoms with Crippen LogP contribution in [-0.4, -0.2) is 21.4 Å². The van der Waals surface area contributed by atoms with Crippen molar-refractivity contribution in [2.24, 2.45) is 0 Å². The normalized spacial score (nSPS) is 13.0. The minimum absolute atomic E-state index is 0.250. The van der Waals surface area contributed by atoms with Crippen LogP contribution >= 0.6 is 23.1 Å². The van der Waals surface area contributed by atoms with Gasteiger partial charge in [-0.1, -0.05) is 35.2 Å². The second-order valence-electron chi connectivity index (χ2n) is 4.00. The fraction of sp³-hybridized carbons (Fsp3) is 0.250. The van der Waals surface area contributed by atoms with E-state index in [1.165, 1.54) is 35.0 Å². The molecular weight excluding hydrogens is 323 g/mol. The Morgan fingerprint density at radius 2 is 2.10 bits per heavy atom. The van der Waals surface area contributed by atoms with Gasteiger partial charge in [0.2, 0.25) is 5.91 Å². The summed E-state index contributed by atoms with van der Waals surface area (Å²) in [5.74, 6) is -0.521. The summed E-state index contributed by atoms with van der Waals surface area (Å²) in [4.78, 5) is 12.0. The molecule has 1 aromatic heterocycles. The van der Waals surface area contributed by atoms with E-state index < -0.39 is 22.9 Å². The van der Waals surface area contributed by atoms with Crippen molar-refractivity contribution in [3.63, 3.8) is 0 Å². The molecule has 1 N–H and O–H groups in total. The average molecular weight is 333 g/mol. The van der Waals surface area contributed by atoms with Crippen LogP contribution in [0, 0.1) is 0 Å². The van der Waals surface area contributed by atoms with E-state index in [-0.39, 0.29) is 5.69 Å². The van der Waals surface area contributed by atoms with Gasteiger partial charge in [0.25, 0.3) is 0 Å². The van der Waals surface area contributed by atoms with E-state index in [2.05, 4.69) is 15.5 Å². The molecule has 0 saturated heterocycles. The summed E-state index contributed by atoms with van der Waals surface area (Å²) < 4.78 is 39.1. The van der Waals surface area contributed by atoms with Crippen molar-refractivity contribution in [3.8, 4) is 0 Å². The van der Waals surface area contributed by atoms with Crippen LogP contribution in [0.15, 0.2) is 34.1 Å². The number of nitrogens with zero attached hydrogens (tertiary/aromatic N) is 2. The molecule has 2 rings (SSSR count). The third-order valence-corrected chi connectivity index (χ3v) is 4.39. The topological polar surface area (TPSA) is 54.9 Å². The van der Waals surface area contributed by atoms with Gasteiger partial charge in [-0.3, -0.25) is 4.79 Å². The van der Waals surface area contributed by atoms with Gasteiger partial charge < -0.3 is 5.32 Å². The number of anilines is 1. The van der Waals surface area contributed by atoms with Crippen molar-refractivity contribution < 1.29 is 18.0 Å². The highest BCUT2D eigenvalue weighted by molar-refractivity contribution is 8.02. The zero-order valence-electron chi connectivity index (χ0n) is 10.7. The lowest BCUT2D eigenvalue weighted by molar-refractivity contribution is -0.137. The first-order valence-electron chi connectivity index (χ1n) is 5.78. The molecular formula is C12H10F3N3OS2. The van der Waals surface area contributed by atoms with Gasteiger partial charge in [0.15, 0.2) is 4.34 Å². The Morgan fingerprint density at radius 3 is 2.71 bits per heavy atom. The SMILES string of the molecule is CC(Sc1nncs1)C(=O)Nc1ccccc1C(F)(F)F. The summed E-state index contributed by atoms with van der Waals surface area (Å²) in [7, 11) is 0. The van der Waals surface area contributed by atoms with E-state index in [0.29, 0.717) is 4.34 Å². The van der Waals surface area contributed by atoms with Crippen molar-refractivity contribution in [3.05, 3.63) is 35.3 Å². The molecule has 0 bridgehead atoms. The Kier molecular flexibility index (Phi) is 4.84. The lowest BCUT2D eigenvalue weighted by atomic mass is 10.1. The maximum atomic E-state index is 12.8. The molecule has 21 heavy (non-hydrogen) atoms. The van der Waals surface area contributed by atoms with Gasteiger partial charge in [0, 0.05) is 0 Å². The van der Waals surface area contributed by atoms with Crippen LogP contribution in [0.2, 0.25) is 0 Å². The van der Waals surface area contributed by atoms with Crippen molar-refractivity contribution in [1.82, 2.24) is 10.2 Å². The lowest BCUT2D eigenvalue weighted by Crippen LogP contribution is -2.24. The maximum absolute atomic E-state index is 12.8. The van der Waals surface area contributed by atoms with Crippen molar-refractivity contribution in [2.75, 3.05) is 5.32 Å². The molecule has 1 atom stereocenters. The summed E-state index contributed by atoms with van der Waals surface area (Å²) >= 11 is 2.41. The molecule has 112 valence electrons. The smallest absolute Gasteiger partial charge is 0.325 e.